The van der Waals surface area contributed by atoms with E-state index in [1.165, 1.54) is 55.6 Å². The monoisotopic (exact) mass is 717 g/mol. The molecule has 1 nitrogen and oxygen atoms in total. The fourth-order valence-corrected chi connectivity index (χ4v) is 7.16. The Morgan fingerprint density at radius 3 is 1.12 bits per heavy atom. The summed E-state index contributed by atoms with van der Waals surface area (Å²) in [6.07, 6.45) is 10.8. The van der Waals surface area contributed by atoms with Crippen molar-refractivity contribution in [1.29, 1.82) is 0 Å². The fourth-order valence-electron chi connectivity index (χ4n) is 7.16. The summed E-state index contributed by atoms with van der Waals surface area (Å²) in [5.74, 6) is 0. The molecule has 1 heteroatoms. The summed E-state index contributed by atoms with van der Waals surface area (Å²) in [5.41, 5.74) is 16.4. The molecule has 0 saturated carbocycles. The Kier molecular flexibility index (Phi) is 11.0. The quantitative estimate of drug-likeness (QED) is 0.120. The highest BCUT2D eigenvalue weighted by Gasteiger charge is 2.14. The van der Waals surface area contributed by atoms with Crippen LogP contribution in [0.3, 0.4) is 0 Å². The van der Waals surface area contributed by atoms with Gasteiger partial charge >= 0.3 is 0 Å². The standard InChI is InChI=1S/C55H43N/c1-2-16-53(30-13-18-42-17-12-25-48(39-42)43-19-6-3-7-20-43)56(54-35-31-46(32-36-54)51-28-14-26-49(40-51)44-21-8-4-9-22-44)55-37-33-47(34-38-55)52-29-15-27-50(41-52)45-23-10-5-11-24-45/h2-41H,1H3/b16-2-,18-13+,53-30+. The van der Waals surface area contributed by atoms with Gasteiger partial charge in [0.25, 0.3) is 0 Å². The Morgan fingerprint density at radius 2 is 0.714 bits per heavy atom. The van der Waals surface area contributed by atoms with E-state index in [-0.39, 0.29) is 0 Å². The Bertz CT molecular complexity index is 2470. The molecule has 0 saturated heterocycles. The van der Waals surface area contributed by atoms with E-state index in [1.54, 1.807) is 0 Å². The lowest BCUT2D eigenvalue weighted by molar-refractivity contribution is 1.21. The van der Waals surface area contributed by atoms with Gasteiger partial charge in [0.2, 0.25) is 0 Å². The largest absolute Gasteiger partial charge is 0.311 e. The minimum absolute atomic E-state index is 1.06. The lowest BCUT2D eigenvalue weighted by Gasteiger charge is -2.27. The third-order valence-corrected chi connectivity index (χ3v) is 10.0. The first-order valence-corrected chi connectivity index (χ1v) is 19.2. The molecule has 0 fully saturated rings. The highest BCUT2D eigenvalue weighted by atomic mass is 15.1. The Hall–Kier alpha value is -7.22. The molecular formula is C55H43N. The van der Waals surface area contributed by atoms with Gasteiger partial charge in [-0.05, 0) is 123 Å². The van der Waals surface area contributed by atoms with Crippen molar-refractivity contribution in [1.82, 2.24) is 0 Å². The molecule has 0 spiro atoms. The van der Waals surface area contributed by atoms with Crippen molar-refractivity contribution >= 4 is 17.5 Å². The van der Waals surface area contributed by atoms with Gasteiger partial charge in [-0.15, -0.1) is 0 Å². The van der Waals surface area contributed by atoms with Gasteiger partial charge in [-0.2, -0.15) is 0 Å². The number of allylic oxidation sites excluding steroid dienone is 4. The molecule has 0 radical (unpaired) electrons. The minimum atomic E-state index is 1.06. The van der Waals surface area contributed by atoms with Crippen molar-refractivity contribution in [2.24, 2.45) is 0 Å². The molecule has 0 atom stereocenters. The number of hydrogen-bond acceptors (Lipinski definition) is 1. The summed E-state index contributed by atoms with van der Waals surface area (Å²) >= 11 is 0. The third kappa shape index (κ3) is 8.44. The number of rotatable bonds is 11. The molecule has 0 bridgehead atoms. The Labute approximate surface area is 331 Å². The van der Waals surface area contributed by atoms with E-state index in [9.17, 15) is 0 Å². The van der Waals surface area contributed by atoms with Crippen LogP contribution in [0.15, 0.2) is 242 Å². The second-order valence-corrected chi connectivity index (χ2v) is 13.8. The van der Waals surface area contributed by atoms with Crippen LogP contribution < -0.4 is 4.90 Å². The van der Waals surface area contributed by atoms with Crippen LogP contribution in [0.4, 0.5) is 11.4 Å². The summed E-state index contributed by atoms with van der Waals surface area (Å²) in [4.78, 5) is 2.33. The van der Waals surface area contributed by atoms with Crippen LogP contribution in [0.5, 0.6) is 0 Å². The topological polar surface area (TPSA) is 3.24 Å². The summed E-state index contributed by atoms with van der Waals surface area (Å²) in [6.45, 7) is 2.07. The van der Waals surface area contributed by atoms with Gasteiger partial charge in [-0.3, -0.25) is 0 Å². The SMILES string of the molecule is C\C=C/C(=C\C=C\c1cccc(-c2ccccc2)c1)N(c1ccc(-c2cccc(-c3ccccc3)c2)cc1)c1ccc(-c2cccc(-c3ccccc3)c2)cc1. The maximum atomic E-state index is 2.33. The van der Waals surface area contributed by atoms with Gasteiger partial charge < -0.3 is 4.90 Å². The molecule has 56 heavy (non-hydrogen) atoms. The zero-order valence-electron chi connectivity index (χ0n) is 31.5. The molecule has 8 rings (SSSR count). The van der Waals surface area contributed by atoms with Crippen LogP contribution in [0.2, 0.25) is 0 Å². The normalized spacial score (nSPS) is 11.6. The average Bonchev–Trinajstić information content (AvgIpc) is 3.28. The van der Waals surface area contributed by atoms with Gasteiger partial charge in [-0.1, -0.05) is 188 Å². The Balaban J connectivity index is 1.15. The van der Waals surface area contributed by atoms with E-state index < -0.39 is 0 Å². The van der Waals surface area contributed by atoms with E-state index in [4.69, 9.17) is 0 Å². The van der Waals surface area contributed by atoms with Crippen molar-refractivity contribution < 1.29 is 0 Å². The predicted octanol–water partition coefficient (Wildman–Crippen LogP) is 15.3. The lowest BCUT2D eigenvalue weighted by atomic mass is 9.98. The fraction of sp³-hybridized carbons (Fsp3) is 0.0182. The van der Waals surface area contributed by atoms with Crippen molar-refractivity contribution in [3.05, 3.63) is 248 Å². The summed E-state index contributed by atoms with van der Waals surface area (Å²) in [5, 5.41) is 0. The van der Waals surface area contributed by atoms with E-state index in [0.717, 1.165) is 22.6 Å². The highest BCUT2D eigenvalue weighted by molar-refractivity contribution is 5.79. The molecule has 0 amide bonds. The van der Waals surface area contributed by atoms with E-state index in [1.807, 2.05) is 0 Å². The van der Waals surface area contributed by atoms with Crippen molar-refractivity contribution in [2.75, 3.05) is 4.90 Å². The Morgan fingerprint density at radius 1 is 0.357 bits per heavy atom. The second kappa shape index (κ2) is 17.3. The molecule has 0 unspecified atom stereocenters. The van der Waals surface area contributed by atoms with Crippen molar-refractivity contribution in [2.45, 2.75) is 6.92 Å². The average molecular weight is 718 g/mol. The molecule has 0 aliphatic heterocycles. The van der Waals surface area contributed by atoms with E-state index in [2.05, 4.69) is 255 Å². The molecule has 0 N–H and O–H groups in total. The molecule has 0 aliphatic carbocycles. The number of anilines is 2. The first-order chi connectivity index (χ1) is 27.7. The number of benzene rings is 8. The summed E-state index contributed by atoms with van der Waals surface area (Å²) in [6, 6.07) is 75.7. The molecule has 8 aromatic carbocycles. The van der Waals surface area contributed by atoms with E-state index >= 15 is 0 Å². The summed E-state index contributed by atoms with van der Waals surface area (Å²) < 4.78 is 0. The molecule has 0 heterocycles. The zero-order valence-corrected chi connectivity index (χ0v) is 31.5. The molecular weight excluding hydrogens is 675 g/mol. The minimum Gasteiger partial charge on any atom is -0.311 e. The summed E-state index contributed by atoms with van der Waals surface area (Å²) in [7, 11) is 0. The van der Waals surface area contributed by atoms with E-state index in [0.29, 0.717) is 0 Å². The van der Waals surface area contributed by atoms with Crippen LogP contribution in [-0.4, -0.2) is 0 Å². The second-order valence-electron chi connectivity index (χ2n) is 13.8. The zero-order chi connectivity index (χ0) is 37.9. The first kappa shape index (κ1) is 35.8. The van der Waals surface area contributed by atoms with Crippen LogP contribution in [0, 0.1) is 0 Å². The first-order valence-electron chi connectivity index (χ1n) is 19.2. The lowest BCUT2D eigenvalue weighted by Crippen LogP contribution is -2.15. The number of nitrogens with zero attached hydrogens (tertiary/aromatic N) is 1. The van der Waals surface area contributed by atoms with Crippen molar-refractivity contribution in [3.8, 4) is 55.6 Å². The van der Waals surface area contributed by atoms with Gasteiger partial charge in [0.15, 0.2) is 0 Å². The predicted molar refractivity (Wildman–Crippen MR) is 241 cm³/mol. The van der Waals surface area contributed by atoms with Crippen LogP contribution in [0.25, 0.3) is 61.7 Å². The molecule has 0 aromatic heterocycles. The highest BCUT2D eigenvalue weighted by Crippen LogP contribution is 2.35. The molecule has 268 valence electrons. The third-order valence-electron chi connectivity index (χ3n) is 10.0. The maximum absolute atomic E-state index is 2.33. The number of hydrogen-bond donors (Lipinski definition) is 0. The van der Waals surface area contributed by atoms with Crippen LogP contribution in [-0.2, 0) is 0 Å². The van der Waals surface area contributed by atoms with Gasteiger partial charge in [-0.25, -0.2) is 0 Å². The van der Waals surface area contributed by atoms with Gasteiger partial charge in [0.05, 0.1) is 0 Å². The molecule has 0 aliphatic rings. The van der Waals surface area contributed by atoms with Crippen LogP contribution >= 0.6 is 0 Å². The maximum Gasteiger partial charge on any atom is 0.0462 e. The van der Waals surface area contributed by atoms with Gasteiger partial charge in [0.1, 0.15) is 0 Å². The van der Waals surface area contributed by atoms with Crippen LogP contribution in [0.1, 0.15) is 12.5 Å². The smallest absolute Gasteiger partial charge is 0.0462 e. The van der Waals surface area contributed by atoms with Gasteiger partial charge in [0, 0.05) is 17.1 Å². The molecule has 8 aromatic rings. The van der Waals surface area contributed by atoms with Crippen molar-refractivity contribution in [3.63, 3.8) is 0 Å².